The second-order valence-electron chi connectivity index (χ2n) is 4.66. The van der Waals surface area contributed by atoms with Gasteiger partial charge in [-0.3, -0.25) is 0 Å². The van der Waals surface area contributed by atoms with Crippen LogP contribution in [0.25, 0.3) is 0 Å². The highest BCUT2D eigenvalue weighted by Gasteiger charge is 2.32. The molecule has 1 aliphatic rings. The molecule has 1 aliphatic heterocycles. The van der Waals surface area contributed by atoms with E-state index in [1.807, 2.05) is 0 Å². The fourth-order valence-electron chi connectivity index (χ4n) is 2.29. The third-order valence-corrected chi connectivity index (χ3v) is 5.60. The number of ether oxygens (including phenoxy) is 2. The van der Waals surface area contributed by atoms with E-state index in [9.17, 15) is 12.8 Å². The number of benzene rings is 2. The molecule has 0 radical (unpaired) electrons. The lowest BCUT2D eigenvalue weighted by atomic mass is 10.2. The van der Waals surface area contributed by atoms with Crippen LogP contribution < -0.4 is 0 Å². The Labute approximate surface area is 132 Å². The normalized spacial score (nSPS) is 16.1. The van der Waals surface area contributed by atoms with Crippen LogP contribution in [-0.2, 0) is 19.3 Å². The van der Waals surface area contributed by atoms with Gasteiger partial charge in [0.1, 0.15) is 5.82 Å². The van der Waals surface area contributed by atoms with Gasteiger partial charge < -0.3 is 9.47 Å². The zero-order chi connectivity index (χ0) is 15.7. The van der Waals surface area contributed by atoms with Crippen LogP contribution in [0.1, 0.15) is 11.9 Å². The molecule has 0 aliphatic carbocycles. The molecule has 7 heteroatoms. The van der Waals surface area contributed by atoms with Crippen LogP contribution in [0.2, 0.25) is 5.02 Å². The van der Waals surface area contributed by atoms with E-state index in [1.54, 1.807) is 12.1 Å². The first kappa shape index (κ1) is 15.4. The summed E-state index contributed by atoms with van der Waals surface area (Å²) in [5.74, 6) is -0.694. The highest BCUT2D eigenvalue weighted by atomic mass is 35.5. The maximum Gasteiger partial charge on any atom is 0.208 e. The van der Waals surface area contributed by atoms with Gasteiger partial charge in [0.2, 0.25) is 9.84 Å². The molecule has 4 nitrogen and oxygen atoms in total. The van der Waals surface area contributed by atoms with Crippen LogP contribution in [0.3, 0.4) is 0 Å². The van der Waals surface area contributed by atoms with Gasteiger partial charge in [0, 0.05) is 0 Å². The Balaban J connectivity index is 2.20. The largest absolute Gasteiger partial charge is 0.346 e. The van der Waals surface area contributed by atoms with Gasteiger partial charge >= 0.3 is 0 Å². The molecule has 2 aromatic carbocycles. The van der Waals surface area contributed by atoms with E-state index < -0.39 is 21.9 Å². The highest BCUT2D eigenvalue weighted by molar-refractivity contribution is 7.91. The minimum Gasteiger partial charge on any atom is -0.346 e. The van der Waals surface area contributed by atoms with Crippen LogP contribution in [0.5, 0.6) is 0 Å². The van der Waals surface area contributed by atoms with E-state index in [2.05, 4.69) is 0 Å². The summed E-state index contributed by atoms with van der Waals surface area (Å²) < 4.78 is 50.4. The Bertz CT molecular complexity index is 801. The lowest BCUT2D eigenvalue weighted by Crippen LogP contribution is -2.12. The standard InChI is InChI=1S/C15H12ClFO4S/c16-10-4-1-2-6-12(10)22(18,19)13-7-3-5-11(17)14(13)15-20-8-9-21-15/h1-7,15H,8-9H2. The van der Waals surface area contributed by atoms with Crippen molar-refractivity contribution in [1.29, 1.82) is 0 Å². The fourth-order valence-corrected chi connectivity index (χ4v) is 4.29. The number of hydrogen-bond acceptors (Lipinski definition) is 4. The molecule has 0 saturated carbocycles. The summed E-state index contributed by atoms with van der Waals surface area (Å²) >= 11 is 5.98. The number of rotatable bonds is 3. The first-order chi connectivity index (χ1) is 10.5. The Morgan fingerprint density at radius 3 is 2.32 bits per heavy atom. The van der Waals surface area contributed by atoms with E-state index >= 15 is 0 Å². The Hall–Kier alpha value is -1.47. The molecule has 1 saturated heterocycles. The van der Waals surface area contributed by atoms with E-state index in [1.165, 1.54) is 30.3 Å². The Morgan fingerprint density at radius 1 is 1.00 bits per heavy atom. The molecule has 1 fully saturated rings. The van der Waals surface area contributed by atoms with Gasteiger partial charge in [0.25, 0.3) is 0 Å². The summed E-state index contributed by atoms with van der Waals surface area (Å²) in [7, 11) is -3.99. The molecule has 0 atom stereocenters. The van der Waals surface area contributed by atoms with Crippen LogP contribution in [0, 0.1) is 5.82 Å². The highest BCUT2D eigenvalue weighted by Crippen LogP contribution is 2.35. The van der Waals surface area contributed by atoms with E-state index in [-0.39, 0.29) is 33.6 Å². The summed E-state index contributed by atoms with van der Waals surface area (Å²) in [6.07, 6.45) is -1.03. The molecule has 0 spiro atoms. The second kappa shape index (κ2) is 5.96. The van der Waals surface area contributed by atoms with Crippen molar-refractivity contribution >= 4 is 21.4 Å². The van der Waals surface area contributed by atoms with E-state index in [4.69, 9.17) is 21.1 Å². The predicted molar refractivity (Wildman–Crippen MR) is 77.9 cm³/mol. The van der Waals surface area contributed by atoms with Crippen molar-refractivity contribution in [2.24, 2.45) is 0 Å². The summed E-state index contributed by atoms with van der Waals surface area (Å²) in [5.41, 5.74) is -0.125. The second-order valence-corrected chi connectivity index (χ2v) is 6.95. The number of sulfone groups is 1. The minimum absolute atomic E-state index is 0.0750. The van der Waals surface area contributed by atoms with Gasteiger partial charge in [-0.05, 0) is 24.3 Å². The summed E-state index contributed by atoms with van der Waals surface area (Å²) in [6.45, 7) is 0.565. The lowest BCUT2D eigenvalue weighted by Gasteiger charge is -2.16. The van der Waals surface area contributed by atoms with Gasteiger partial charge in [-0.15, -0.1) is 0 Å². The number of hydrogen-bond donors (Lipinski definition) is 0. The van der Waals surface area contributed by atoms with Crippen molar-refractivity contribution in [3.63, 3.8) is 0 Å². The molecule has 22 heavy (non-hydrogen) atoms. The van der Waals surface area contributed by atoms with Crippen molar-refractivity contribution < 1.29 is 22.3 Å². The Morgan fingerprint density at radius 2 is 1.64 bits per heavy atom. The molecule has 0 N–H and O–H groups in total. The third kappa shape index (κ3) is 2.63. The summed E-state index contributed by atoms with van der Waals surface area (Å²) in [6, 6.07) is 9.85. The quantitative estimate of drug-likeness (QED) is 0.858. The van der Waals surface area contributed by atoms with Gasteiger partial charge in [-0.1, -0.05) is 29.8 Å². The Kier molecular flexibility index (Phi) is 4.18. The predicted octanol–water partition coefficient (Wildman–Crippen LogP) is 3.36. The van der Waals surface area contributed by atoms with Gasteiger partial charge in [0.05, 0.1) is 33.6 Å². The molecule has 0 unspecified atom stereocenters. The first-order valence-electron chi connectivity index (χ1n) is 6.53. The molecule has 0 aromatic heterocycles. The zero-order valence-corrected chi connectivity index (χ0v) is 12.9. The molecule has 3 rings (SSSR count). The van der Waals surface area contributed by atoms with Crippen molar-refractivity contribution in [3.8, 4) is 0 Å². The minimum atomic E-state index is -3.99. The summed E-state index contributed by atoms with van der Waals surface area (Å²) in [4.78, 5) is -0.283. The van der Waals surface area contributed by atoms with Gasteiger partial charge in [0.15, 0.2) is 6.29 Å². The molecule has 2 aromatic rings. The maximum atomic E-state index is 14.2. The van der Waals surface area contributed by atoms with Gasteiger partial charge in [-0.25, -0.2) is 12.8 Å². The molecule has 0 amide bonds. The topological polar surface area (TPSA) is 52.6 Å². The SMILES string of the molecule is O=S(=O)(c1ccccc1Cl)c1cccc(F)c1C1OCCO1. The van der Waals surface area contributed by atoms with Gasteiger partial charge in [-0.2, -0.15) is 0 Å². The number of halogens is 2. The monoisotopic (exact) mass is 342 g/mol. The van der Waals surface area contributed by atoms with E-state index in [0.29, 0.717) is 0 Å². The molecular formula is C15H12ClFO4S. The van der Waals surface area contributed by atoms with Crippen molar-refractivity contribution in [1.82, 2.24) is 0 Å². The molecule has 1 heterocycles. The lowest BCUT2D eigenvalue weighted by molar-refractivity contribution is -0.0486. The van der Waals surface area contributed by atoms with Crippen LogP contribution >= 0.6 is 11.6 Å². The van der Waals surface area contributed by atoms with Crippen LogP contribution in [0.4, 0.5) is 4.39 Å². The summed E-state index contributed by atoms with van der Waals surface area (Å²) in [5, 5.41) is 0.0750. The molecule has 0 bridgehead atoms. The van der Waals surface area contributed by atoms with E-state index in [0.717, 1.165) is 0 Å². The van der Waals surface area contributed by atoms with Crippen LogP contribution in [0.15, 0.2) is 52.3 Å². The molecule has 116 valence electrons. The van der Waals surface area contributed by atoms with Crippen molar-refractivity contribution in [3.05, 3.63) is 58.9 Å². The average Bonchev–Trinajstić information content (AvgIpc) is 3.01. The van der Waals surface area contributed by atoms with Crippen LogP contribution in [-0.4, -0.2) is 21.6 Å². The smallest absolute Gasteiger partial charge is 0.208 e. The maximum absolute atomic E-state index is 14.2. The van der Waals surface area contributed by atoms with Crippen molar-refractivity contribution in [2.45, 2.75) is 16.1 Å². The molecular weight excluding hydrogens is 331 g/mol. The average molecular weight is 343 g/mol. The fraction of sp³-hybridized carbons (Fsp3) is 0.200. The third-order valence-electron chi connectivity index (χ3n) is 3.29. The van der Waals surface area contributed by atoms with Crippen molar-refractivity contribution in [2.75, 3.05) is 13.2 Å². The zero-order valence-electron chi connectivity index (χ0n) is 11.3. The first-order valence-corrected chi connectivity index (χ1v) is 8.39.